The minimum absolute atomic E-state index is 0.0407. The third kappa shape index (κ3) is 4.89. The van der Waals surface area contributed by atoms with Gasteiger partial charge in [-0.25, -0.2) is 0 Å². The minimum atomic E-state index is -4.40. The van der Waals surface area contributed by atoms with Gasteiger partial charge in [-0.05, 0) is 31.0 Å². The lowest BCUT2D eigenvalue weighted by Gasteiger charge is -2.30. The molecule has 1 aliphatic heterocycles. The van der Waals surface area contributed by atoms with Crippen LogP contribution in [0, 0.1) is 5.92 Å². The van der Waals surface area contributed by atoms with Crippen LogP contribution in [0.1, 0.15) is 18.4 Å². The molecule has 0 radical (unpaired) electrons. The zero-order valence-corrected chi connectivity index (χ0v) is 13.0. The Kier molecular flexibility index (Phi) is 5.56. The summed E-state index contributed by atoms with van der Waals surface area (Å²) in [7, 11) is 0. The van der Waals surface area contributed by atoms with E-state index in [0.717, 1.165) is 23.9 Å². The molecule has 1 aromatic carbocycles. The van der Waals surface area contributed by atoms with Gasteiger partial charge in [0.25, 0.3) is 0 Å². The number of rotatable bonds is 4. The van der Waals surface area contributed by atoms with Gasteiger partial charge in [-0.15, -0.1) is 11.8 Å². The Bertz CT molecular complexity index is 584. The molecule has 0 spiro atoms. The van der Waals surface area contributed by atoms with Gasteiger partial charge < -0.3 is 10.0 Å². The summed E-state index contributed by atoms with van der Waals surface area (Å²) < 4.78 is 37.9. The van der Waals surface area contributed by atoms with Crippen molar-refractivity contribution in [3.8, 4) is 0 Å². The Morgan fingerprint density at radius 2 is 1.91 bits per heavy atom. The highest BCUT2D eigenvalue weighted by molar-refractivity contribution is 8.00. The van der Waals surface area contributed by atoms with Crippen LogP contribution in [0.5, 0.6) is 0 Å². The molecule has 0 aliphatic carbocycles. The van der Waals surface area contributed by atoms with E-state index in [9.17, 15) is 22.8 Å². The van der Waals surface area contributed by atoms with Crippen molar-refractivity contribution in [3.05, 3.63) is 29.8 Å². The monoisotopic (exact) mass is 347 g/mol. The Morgan fingerprint density at radius 1 is 1.26 bits per heavy atom. The van der Waals surface area contributed by atoms with Crippen molar-refractivity contribution in [1.82, 2.24) is 4.90 Å². The van der Waals surface area contributed by atoms with Crippen molar-refractivity contribution >= 4 is 23.6 Å². The Hall–Kier alpha value is -1.70. The lowest BCUT2D eigenvalue weighted by molar-refractivity contribution is -0.145. The summed E-state index contributed by atoms with van der Waals surface area (Å²) >= 11 is 1.05. The van der Waals surface area contributed by atoms with E-state index in [0.29, 0.717) is 30.8 Å². The molecule has 0 atom stereocenters. The van der Waals surface area contributed by atoms with Gasteiger partial charge in [0.05, 0.1) is 17.2 Å². The third-order valence-electron chi connectivity index (χ3n) is 3.72. The molecule has 1 aliphatic rings. The number of likely N-dealkylation sites (tertiary alicyclic amines) is 1. The van der Waals surface area contributed by atoms with E-state index in [4.69, 9.17) is 5.11 Å². The number of aliphatic carboxylic acids is 1. The highest BCUT2D eigenvalue weighted by Gasteiger charge is 2.30. The highest BCUT2D eigenvalue weighted by atomic mass is 32.2. The first kappa shape index (κ1) is 17.7. The summed E-state index contributed by atoms with van der Waals surface area (Å²) in [5, 5.41) is 8.91. The molecular weight excluding hydrogens is 331 g/mol. The number of alkyl halides is 3. The molecule has 126 valence electrons. The predicted octanol–water partition coefficient (Wildman–Crippen LogP) is 3.12. The number of thioether (sulfide) groups is 1. The van der Waals surface area contributed by atoms with Gasteiger partial charge in [-0.1, -0.05) is 6.07 Å². The van der Waals surface area contributed by atoms with Crippen molar-refractivity contribution in [1.29, 1.82) is 0 Å². The standard InChI is InChI=1S/C15H16F3NO3S/c16-15(17,18)11-2-1-3-12(8-11)23-9-13(20)19-6-4-10(5-7-19)14(21)22/h1-3,8,10H,4-7,9H2,(H,21,22). The fourth-order valence-corrected chi connectivity index (χ4v) is 3.23. The zero-order valence-electron chi connectivity index (χ0n) is 12.2. The van der Waals surface area contributed by atoms with Crippen molar-refractivity contribution in [2.75, 3.05) is 18.8 Å². The Morgan fingerprint density at radius 3 is 2.48 bits per heavy atom. The predicted molar refractivity (Wildman–Crippen MR) is 79.1 cm³/mol. The largest absolute Gasteiger partial charge is 0.481 e. The number of nitrogens with zero attached hydrogens (tertiary/aromatic N) is 1. The van der Waals surface area contributed by atoms with E-state index < -0.39 is 23.6 Å². The second kappa shape index (κ2) is 7.25. The zero-order chi connectivity index (χ0) is 17.0. The van der Waals surface area contributed by atoms with Crippen LogP contribution in [-0.4, -0.2) is 40.7 Å². The Balaban J connectivity index is 1.87. The van der Waals surface area contributed by atoms with Crippen molar-refractivity contribution in [2.24, 2.45) is 5.92 Å². The number of carbonyl (C=O) groups is 2. The van der Waals surface area contributed by atoms with E-state index >= 15 is 0 Å². The minimum Gasteiger partial charge on any atom is -0.481 e. The van der Waals surface area contributed by atoms with E-state index in [1.54, 1.807) is 4.90 Å². The maximum atomic E-state index is 12.6. The molecule has 1 N–H and O–H groups in total. The summed E-state index contributed by atoms with van der Waals surface area (Å²) in [6, 6.07) is 4.86. The molecule has 8 heteroatoms. The highest BCUT2D eigenvalue weighted by Crippen LogP contribution is 2.32. The first-order valence-electron chi connectivity index (χ1n) is 7.08. The fraction of sp³-hybridized carbons (Fsp3) is 0.467. The normalized spacial score (nSPS) is 16.4. The fourth-order valence-electron chi connectivity index (χ4n) is 2.37. The van der Waals surface area contributed by atoms with Crippen LogP contribution in [0.2, 0.25) is 0 Å². The SMILES string of the molecule is O=C(O)C1CCN(C(=O)CSc2cccc(C(F)(F)F)c2)CC1. The first-order valence-corrected chi connectivity index (χ1v) is 8.06. The summed E-state index contributed by atoms with van der Waals surface area (Å²) in [6.45, 7) is 0.748. The summed E-state index contributed by atoms with van der Waals surface area (Å²) in [4.78, 5) is 24.9. The van der Waals surface area contributed by atoms with Crippen molar-refractivity contribution in [3.63, 3.8) is 0 Å². The average molecular weight is 347 g/mol. The summed E-state index contributed by atoms with van der Waals surface area (Å²) in [6.07, 6.45) is -3.58. The Labute approximate surface area is 135 Å². The van der Waals surface area contributed by atoms with E-state index in [2.05, 4.69) is 0 Å². The van der Waals surface area contributed by atoms with E-state index in [-0.39, 0.29) is 11.7 Å². The van der Waals surface area contributed by atoms with E-state index in [1.807, 2.05) is 0 Å². The number of hydrogen-bond acceptors (Lipinski definition) is 3. The van der Waals surface area contributed by atoms with Gasteiger partial charge in [-0.2, -0.15) is 13.2 Å². The number of halogens is 3. The lowest BCUT2D eigenvalue weighted by Crippen LogP contribution is -2.41. The van der Waals surface area contributed by atoms with Crippen LogP contribution >= 0.6 is 11.8 Å². The molecule has 1 aromatic rings. The molecular formula is C15H16F3NO3S. The number of piperidine rings is 1. The average Bonchev–Trinajstić information content (AvgIpc) is 2.52. The number of carboxylic acid groups (broad SMARTS) is 1. The quantitative estimate of drug-likeness (QED) is 0.851. The summed E-state index contributed by atoms with van der Waals surface area (Å²) in [5.41, 5.74) is -0.739. The van der Waals surface area contributed by atoms with Gasteiger partial charge in [0.1, 0.15) is 0 Å². The van der Waals surface area contributed by atoms with Gasteiger partial charge in [0.15, 0.2) is 0 Å². The molecule has 1 heterocycles. The van der Waals surface area contributed by atoms with Crippen LogP contribution in [0.25, 0.3) is 0 Å². The smallest absolute Gasteiger partial charge is 0.416 e. The van der Waals surface area contributed by atoms with Gasteiger partial charge in [0.2, 0.25) is 5.91 Å². The maximum absolute atomic E-state index is 12.6. The molecule has 0 bridgehead atoms. The van der Waals surface area contributed by atoms with Gasteiger partial charge in [-0.3, -0.25) is 9.59 Å². The number of benzene rings is 1. The third-order valence-corrected chi connectivity index (χ3v) is 4.70. The van der Waals surface area contributed by atoms with Crippen LogP contribution in [0.3, 0.4) is 0 Å². The molecule has 1 saturated heterocycles. The van der Waals surface area contributed by atoms with Crippen LogP contribution in [0.4, 0.5) is 13.2 Å². The topological polar surface area (TPSA) is 57.6 Å². The number of carbonyl (C=O) groups excluding carboxylic acids is 1. The first-order chi connectivity index (χ1) is 10.8. The molecule has 0 unspecified atom stereocenters. The molecule has 0 aromatic heterocycles. The second-order valence-electron chi connectivity index (χ2n) is 5.31. The second-order valence-corrected chi connectivity index (χ2v) is 6.36. The number of amides is 1. The molecule has 1 amide bonds. The number of carboxylic acids is 1. The lowest BCUT2D eigenvalue weighted by atomic mass is 9.97. The molecule has 0 saturated carbocycles. The molecule has 23 heavy (non-hydrogen) atoms. The van der Waals surface area contributed by atoms with Crippen molar-refractivity contribution < 1.29 is 27.9 Å². The van der Waals surface area contributed by atoms with Crippen molar-refractivity contribution in [2.45, 2.75) is 23.9 Å². The number of hydrogen-bond donors (Lipinski definition) is 1. The van der Waals surface area contributed by atoms with Crippen LogP contribution in [0.15, 0.2) is 29.2 Å². The van der Waals surface area contributed by atoms with Gasteiger partial charge in [0, 0.05) is 18.0 Å². The van der Waals surface area contributed by atoms with Crippen LogP contribution in [-0.2, 0) is 15.8 Å². The molecule has 4 nitrogen and oxygen atoms in total. The van der Waals surface area contributed by atoms with Crippen LogP contribution < -0.4 is 0 Å². The summed E-state index contributed by atoms with van der Waals surface area (Å²) in [5.74, 6) is -1.42. The molecule has 2 rings (SSSR count). The maximum Gasteiger partial charge on any atom is 0.416 e. The molecule has 1 fully saturated rings. The van der Waals surface area contributed by atoms with E-state index in [1.165, 1.54) is 12.1 Å². The van der Waals surface area contributed by atoms with Gasteiger partial charge >= 0.3 is 12.1 Å².